The lowest BCUT2D eigenvalue weighted by Crippen LogP contribution is -2.25. The molecule has 0 aromatic carbocycles. The van der Waals surface area contributed by atoms with Gasteiger partial charge in [-0.3, -0.25) is 4.79 Å². The number of H-pyrrole nitrogens is 1. The van der Waals surface area contributed by atoms with Gasteiger partial charge in [0.15, 0.2) is 5.82 Å². The van der Waals surface area contributed by atoms with Crippen molar-refractivity contribution in [1.82, 2.24) is 9.97 Å². The molecule has 0 radical (unpaired) electrons. The van der Waals surface area contributed by atoms with Crippen LogP contribution in [0.5, 0.6) is 5.75 Å². The molecular formula is C9H15N3O4. The van der Waals surface area contributed by atoms with Crippen molar-refractivity contribution in [3.8, 4) is 5.75 Å². The molecule has 0 aliphatic rings. The quantitative estimate of drug-likeness (QED) is 0.591. The minimum Gasteiger partial charge on any atom is -0.489 e. The lowest BCUT2D eigenvalue weighted by Gasteiger charge is -2.12. The first-order valence-corrected chi connectivity index (χ1v) is 4.71. The van der Waals surface area contributed by atoms with Crippen molar-refractivity contribution < 1.29 is 14.6 Å². The van der Waals surface area contributed by atoms with Crippen LogP contribution in [0.2, 0.25) is 0 Å². The average Bonchev–Trinajstić information content (AvgIpc) is 2.27. The van der Waals surface area contributed by atoms with Gasteiger partial charge in [-0.2, -0.15) is 0 Å². The number of aliphatic hydroxyl groups is 1. The van der Waals surface area contributed by atoms with Crippen LogP contribution in [0, 0.1) is 0 Å². The van der Waals surface area contributed by atoms with Gasteiger partial charge >= 0.3 is 0 Å². The van der Waals surface area contributed by atoms with E-state index in [1.165, 1.54) is 20.5 Å². The number of nitrogens with one attached hydrogen (secondary N) is 2. The number of nitrogens with zero attached hydrogens (tertiary/aromatic N) is 1. The highest BCUT2D eigenvalue weighted by molar-refractivity contribution is 5.47. The van der Waals surface area contributed by atoms with Crippen molar-refractivity contribution in [2.24, 2.45) is 0 Å². The highest BCUT2D eigenvalue weighted by Gasteiger charge is 2.10. The average molecular weight is 229 g/mol. The van der Waals surface area contributed by atoms with Gasteiger partial charge in [0, 0.05) is 13.7 Å². The second kappa shape index (κ2) is 6.09. The minimum atomic E-state index is -0.671. The molecule has 0 aliphatic heterocycles. The second-order valence-electron chi connectivity index (χ2n) is 3.10. The van der Waals surface area contributed by atoms with E-state index in [2.05, 4.69) is 15.3 Å². The van der Waals surface area contributed by atoms with E-state index in [0.717, 1.165) is 0 Å². The molecule has 1 aromatic heterocycles. The molecule has 16 heavy (non-hydrogen) atoms. The Morgan fingerprint density at radius 3 is 3.00 bits per heavy atom. The first kappa shape index (κ1) is 12.5. The maximum atomic E-state index is 11.3. The Labute approximate surface area is 92.4 Å². The molecule has 7 heteroatoms. The van der Waals surface area contributed by atoms with Crippen LogP contribution in [0.4, 0.5) is 5.82 Å². The maximum absolute atomic E-state index is 11.3. The molecule has 0 fully saturated rings. The topological polar surface area (TPSA) is 96.5 Å². The zero-order valence-corrected chi connectivity index (χ0v) is 9.19. The van der Waals surface area contributed by atoms with Crippen LogP contribution in [0.1, 0.15) is 0 Å². The standard InChI is InChI=1S/C9H15N3O4/c1-15-4-6(13)3-10-8-7(16-2)9(14)12-5-11-8/h5-6,13H,3-4H2,1-2H3,(H2,10,11,12,14). The number of hydrogen-bond donors (Lipinski definition) is 3. The molecule has 1 heterocycles. The van der Waals surface area contributed by atoms with E-state index in [-0.39, 0.29) is 24.5 Å². The summed E-state index contributed by atoms with van der Waals surface area (Å²) < 4.78 is 9.65. The van der Waals surface area contributed by atoms with Crippen LogP contribution in [0.25, 0.3) is 0 Å². The van der Waals surface area contributed by atoms with Crippen molar-refractivity contribution in [2.75, 3.05) is 32.7 Å². The number of rotatable bonds is 6. The van der Waals surface area contributed by atoms with Crippen LogP contribution >= 0.6 is 0 Å². The summed E-state index contributed by atoms with van der Waals surface area (Å²) in [7, 11) is 2.87. The summed E-state index contributed by atoms with van der Waals surface area (Å²) >= 11 is 0. The zero-order chi connectivity index (χ0) is 12.0. The first-order valence-electron chi connectivity index (χ1n) is 4.71. The van der Waals surface area contributed by atoms with Gasteiger partial charge in [0.2, 0.25) is 5.75 Å². The fraction of sp³-hybridized carbons (Fsp3) is 0.556. The summed E-state index contributed by atoms with van der Waals surface area (Å²) in [5.41, 5.74) is -0.374. The molecule has 1 rings (SSSR count). The number of methoxy groups -OCH3 is 2. The number of hydrogen-bond acceptors (Lipinski definition) is 6. The van der Waals surface area contributed by atoms with Gasteiger partial charge in [-0.25, -0.2) is 4.98 Å². The third-order valence-electron chi connectivity index (χ3n) is 1.88. The van der Waals surface area contributed by atoms with Crippen molar-refractivity contribution in [1.29, 1.82) is 0 Å². The Balaban J connectivity index is 2.66. The highest BCUT2D eigenvalue weighted by atomic mass is 16.5. The normalized spacial score (nSPS) is 12.2. The van der Waals surface area contributed by atoms with E-state index in [1.807, 2.05) is 0 Å². The van der Waals surface area contributed by atoms with Crippen molar-refractivity contribution in [3.05, 3.63) is 16.7 Å². The molecule has 1 unspecified atom stereocenters. The largest absolute Gasteiger partial charge is 0.489 e. The van der Waals surface area contributed by atoms with Crippen LogP contribution in [-0.4, -0.2) is 48.5 Å². The summed E-state index contributed by atoms with van der Waals surface area (Å²) in [6.45, 7) is 0.430. The smallest absolute Gasteiger partial charge is 0.295 e. The summed E-state index contributed by atoms with van der Waals surface area (Å²) in [5, 5.41) is 12.2. The summed E-state index contributed by atoms with van der Waals surface area (Å²) in [6, 6.07) is 0. The second-order valence-corrected chi connectivity index (χ2v) is 3.10. The number of aliphatic hydroxyl groups excluding tert-OH is 1. The van der Waals surface area contributed by atoms with E-state index in [9.17, 15) is 9.90 Å². The van der Waals surface area contributed by atoms with Gasteiger partial charge in [0.25, 0.3) is 5.56 Å². The molecule has 1 atom stereocenters. The molecule has 7 nitrogen and oxygen atoms in total. The predicted molar refractivity (Wildman–Crippen MR) is 57.8 cm³/mol. The molecule has 0 saturated carbocycles. The number of ether oxygens (including phenoxy) is 2. The fourth-order valence-electron chi connectivity index (χ4n) is 1.17. The molecule has 0 bridgehead atoms. The van der Waals surface area contributed by atoms with Gasteiger partial charge in [-0.15, -0.1) is 0 Å². The number of aromatic amines is 1. The third-order valence-corrected chi connectivity index (χ3v) is 1.88. The van der Waals surface area contributed by atoms with Crippen LogP contribution in [0.15, 0.2) is 11.1 Å². The Bertz CT molecular complexity index is 379. The van der Waals surface area contributed by atoms with Crippen LogP contribution in [-0.2, 0) is 4.74 Å². The van der Waals surface area contributed by atoms with Crippen molar-refractivity contribution >= 4 is 5.82 Å². The lowest BCUT2D eigenvalue weighted by atomic mass is 10.3. The van der Waals surface area contributed by atoms with Gasteiger partial charge in [-0.05, 0) is 0 Å². The molecule has 1 aromatic rings. The van der Waals surface area contributed by atoms with Gasteiger partial charge in [-0.1, -0.05) is 0 Å². The molecule has 3 N–H and O–H groups in total. The van der Waals surface area contributed by atoms with Crippen molar-refractivity contribution in [2.45, 2.75) is 6.10 Å². The molecule has 0 spiro atoms. The molecular weight excluding hydrogens is 214 g/mol. The Morgan fingerprint density at radius 2 is 2.38 bits per heavy atom. The van der Waals surface area contributed by atoms with Crippen LogP contribution < -0.4 is 15.6 Å². The number of anilines is 1. The Hall–Kier alpha value is -1.60. The molecule has 0 saturated heterocycles. The summed E-state index contributed by atoms with van der Waals surface area (Å²) in [6.07, 6.45) is 0.589. The van der Waals surface area contributed by atoms with Gasteiger partial charge < -0.3 is 24.9 Å². The van der Waals surface area contributed by atoms with E-state index >= 15 is 0 Å². The Kier molecular flexibility index (Phi) is 4.74. The SMILES string of the molecule is COCC(O)CNc1nc[nH]c(=O)c1OC. The van der Waals surface area contributed by atoms with E-state index in [0.29, 0.717) is 5.82 Å². The Morgan fingerprint density at radius 1 is 1.62 bits per heavy atom. The zero-order valence-electron chi connectivity index (χ0n) is 9.19. The third kappa shape index (κ3) is 3.21. The van der Waals surface area contributed by atoms with Gasteiger partial charge in [0.05, 0.1) is 26.1 Å². The first-order chi connectivity index (χ1) is 7.69. The van der Waals surface area contributed by atoms with Gasteiger partial charge in [0.1, 0.15) is 0 Å². The van der Waals surface area contributed by atoms with Crippen LogP contribution in [0.3, 0.4) is 0 Å². The minimum absolute atomic E-state index is 0.0899. The number of aromatic nitrogens is 2. The monoisotopic (exact) mass is 229 g/mol. The van der Waals surface area contributed by atoms with E-state index in [1.54, 1.807) is 0 Å². The fourth-order valence-corrected chi connectivity index (χ4v) is 1.17. The predicted octanol–water partition coefficient (Wildman–Crippen LogP) is -0.802. The summed E-state index contributed by atoms with van der Waals surface area (Å²) in [4.78, 5) is 17.6. The van der Waals surface area contributed by atoms with Crippen molar-refractivity contribution in [3.63, 3.8) is 0 Å². The molecule has 0 amide bonds. The maximum Gasteiger partial charge on any atom is 0.295 e. The van der Waals surface area contributed by atoms with E-state index in [4.69, 9.17) is 9.47 Å². The molecule has 90 valence electrons. The lowest BCUT2D eigenvalue weighted by molar-refractivity contribution is 0.0727. The highest BCUT2D eigenvalue weighted by Crippen LogP contribution is 2.13. The summed E-state index contributed by atoms with van der Waals surface area (Å²) in [5.74, 6) is 0.383. The van der Waals surface area contributed by atoms with E-state index < -0.39 is 6.10 Å². The molecule has 0 aliphatic carbocycles.